The van der Waals surface area contributed by atoms with E-state index in [2.05, 4.69) is 63.3 Å². The molecule has 1 aromatic heterocycles. The van der Waals surface area contributed by atoms with Gasteiger partial charge in [0.15, 0.2) is 0 Å². The van der Waals surface area contributed by atoms with Crippen LogP contribution >= 0.6 is 0 Å². The number of hydrogen-bond donors (Lipinski definition) is 3. The maximum absolute atomic E-state index is 4.10. The van der Waals surface area contributed by atoms with Gasteiger partial charge in [0.2, 0.25) is 0 Å². The summed E-state index contributed by atoms with van der Waals surface area (Å²) in [6.07, 6.45) is 9.34. The Hall–Kier alpha value is -2.33. The number of H-pyrrole nitrogens is 1. The van der Waals surface area contributed by atoms with Gasteiger partial charge in [-0.25, -0.2) is 0 Å². The van der Waals surface area contributed by atoms with E-state index in [1.54, 1.807) is 0 Å². The maximum Gasteiger partial charge on any atom is 0.0651 e. The molecule has 5 rings (SSSR count). The second-order valence-corrected chi connectivity index (χ2v) is 7.82. The number of nitrogens with one attached hydrogen (secondary N) is 3. The Morgan fingerprint density at radius 1 is 0.923 bits per heavy atom. The molecule has 134 valence electrons. The highest BCUT2D eigenvalue weighted by molar-refractivity contribution is 5.81. The monoisotopic (exact) mass is 346 g/mol. The van der Waals surface area contributed by atoms with Gasteiger partial charge in [0.1, 0.15) is 0 Å². The molecule has 2 aromatic carbocycles. The second-order valence-electron chi connectivity index (χ2n) is 7.82. The normalized spacial score (nSPS) is 25.3. The lowest BCUT2D eigenvalue weighted by molar-refractivity contribution is 0.323. The van der Waals surface area contributed by atoms with Crippen LogP contribution in [0.25, 0.3) is 10.9 Å². The summed E-state index contributed by atoms with van der Waals surface area (Å²) in [5.41, 5.74) is 5.37. The lowest BCUT2D eigenvalue weighted by Gasteiger charge is -2.32. The first-order valence-electron chi connectivity index (χ1n) is 9.89. The molecule has 4 nitrogen and oxygen atoms in total. The van der Waals surface area contributed by atoms with Crippen molar-refractivity contribution in [2.45, 2.75) is 56.7 Å². The molecule has 0 radical (unpaired) electrons. The lowest BCUT2D eigenvalue weighted by Crippen LogP contribution is -2.38. The summed E-state index contributed by atoms with van der Waals surface area (Å²) in [4.78, 5) is 0. The van der Waals surface area contributed by atoms with Crippen LogP contribution in [0.3, 0.4) is 0 Å². The highest BCUT2D eigenvalue weighted by atomic mass is 15.1. The molecule has 26 heavy (non-hydrogen) atoms. The SMILES string of the molecule is c1ccc2c(c1)CCC2N[C@H]1CC[C@H](Nc2ccc3[nH]ncc3c2)CC1. The molecule has 0 saturated heterocycles. The van der Waals surface area contributed by atoms with E-state index in [-0.39, 0.29) is 0 Å². The highest BCUT2D eigenvalue weighted by Gasteiger charge is 2.27. The summed E-state index contributed by atoms with van der Waals surface area (Å²) >= 11 is 0. The van der Waals surface area contributed by atoms with Crippen molar-refractivity contribution in [2.24, 2.45) is 0 Å². The summed E-state index contributed by atoms with van der Waals surface area (Å²) in [5.74, 6) is 0. The Kier molecular flexibility index (Phi) is 4.13. The fourth-order valence-electron chi connectivity index (χ4n) is 4.69. The average molecular weight is 346 g/mol. The van der Waals surface area contributed by atoms with Gasteiger partial charge >= 0.3 is 0 Å². The molecule has 1 fully saturated rings. The molecule has 2 aliphatic rings. The van der Waals surface area contributed by atoms with Crippen LogP contribution in [0.4, 0.5) is 5.69 Å². The molecular formula is C22H26N4. The number of aromatic nitrogens is 2. The average Bonchev–Trinajstić information content (AvgIpc) is 3.30. The van der Waals surface area contributed by atoms with Crippen LogP contribution in [0.1, 0.15) is 49.3 Å². The molecule has 4 heteroatoms. The predicted octanol–water partition coefficient (Wildman–Crippen LogP) is 4.56. The van der Waals surface area contributed by atoms with E-state index in [0.717, 1.165) is 5.52 Å². The fraction of sp³-hybridized carbons (Fsp3) is 0.409. The number of aryl methyl sites for hydroxylation is 1. The molecule has 1 saturated carbocycles. The molecule has 3 N–H and O–H groups in total. The second kappa shape index (κ2) is 6.76. The van der Waals surface area contributed by atoms with E-state index in [1.165, 1.54) is 60.7 Å². The minimum Gasteiger partial charge on any atom is -0.382 e. The van der Waals surface area contributed by atoms with E-state index >= 15 is 0 Å². The molecule has 0 aliphatic heterocycles. The van der Waals surface area contributed by atoms with Crippen LogP contribution in [-0.2, 0) is 6.42 Å². The van der Waals surface area contributed by atoms with Gasteiger partial charge in [0.25, 0.3) is 0 Å². The third kappa shape index (κ3) is 3.10. The lowest BCUT2D eigenvalue weighted by atomic mass is 9.90. The summed E-state index contributed by atoms with van der Waals surface area (Å²) < 4.78 is 0. The topological polar surface area (TPSA) is 52.7 Å². The van der Waals surface area contributed by atoms with Crippen LogP contribution in [-0.4, -0.2) is 22.3 Å². The van der Waals surface area contributed by atoms with Crippen molar-refractivity contribution in [3.05, 3.63) is 59.8 Å². The predicted molar refractivity (Wildman–Crippen MR) is 106 cm³/mol. The molecule has 2 aliphatic carbocycles. The van der Waals surface area contributed by atoms with Gasteiger partial charge in [-0.15, -0.1) is 0 Å². The number of nitrogens with zero attached hydrogens (tertiary/aromatic N) is 1. The van der Waals surface area contributed by atoms with Gasteiger partial charge in [-0.05, 0) is 67.9 Å². The molecule has 1 unspecified atom stereocenters. The summed E-state index contributed by atoms with van der Waals surface area (Å²) in [5, 5.41) is 15.9. The van der Waals surface area contributed by atoms with Crippen LogP contribution < -0.4 is 10.6 Å². The Bertz CT molecular complexity index is 892. The molecule has 1 atom stereocenters. The van der Waals surface area contributed by atoms with Crippen LogP contribution in [0, 0.1) is 0 Å². The number of benzene rings is 2. The van der Waals surface area contributed by atoms with Gasteiger partial charge < -0.3 is 10.6 Å². The van der Waals surface area contributed by atoms with E-state index < -0.39 is 0 Å². The largest absolute Gasteiger partial charge is 0.382 e. The third-order valence-electron chi connectivity index (χ3n) is 6.11. The molecule has 0 spiro atoms. The van der Waals surface area contributed by atoms with Gasteiger partial charge in [0.05, 0.1) is 11.7 Å². The standard InChI is InChI=1S/C22H26N4/c1-2-4-20-15(3-1)5-11-22(20)25-18-8-6-17(7-9-18)24-19-10-12-21-16(13-19)14-23-26-21/h1-4,10,12-14,17-18,22,24-25H,5-9,11H2,(H,23,26)/t17-,18-,22?. The van der Waals surface area contributed by atoms with Crippen molar-refractivity contribution >= 4 is 16.6 Å². The van der Waals surface area contributed by atoms with Crippen LogP contribution in [0.5, 0.6) is 0 Å². The van der Waals surface area contributed by atoms with Gasteiger partial charge in [-0.2, -0.15) is 5.10 Å². The zero-order valence-electron chi connectivity index (χ0n) is 15.0. The van der Waals surface area contributed by atoms with Crippen molar-refractivity contribution in [3.8, 4) is 0 Å². The number of hydrogen-bond acceptors (Lipinski definition) is 3. The number of aromatic amines is 1. The third-order valence-corrected chi connectivity index (χ3v) is 6.11. The first kappa shape index (κ1) is 15.9. The Morgan fingerprint density at radius 3 is 2.69 bits per heavy atom. The number of rotatable bonds is 4. The quantitative estimate of drug-likeness (QED) is 0.649. The fourth-order valence-corrected chi connectivity index (χ4v) is 4.69. The zero-order valence-corrected chi connectivity index (χ0v) is 15.0. The minimum absolute atomic E-state index is 0.559. The van der Waals surface area contributed by atoms with E-state index in [4.69, 9.17) is 0 Å². The molecule has 1 heterocycles. The number of anilines is 1. The van der Waals surface area contributed by atoms with Crippen molar-refractivity contribution in [3.63, 3.8) is 0 Å². The van der Waals surface area contributed by atoms with Crippen LogP contribution in [0.2, 0.25) is 0 Å². The molecule has 3 aromatic rings. The van der Waals surface area contributed by atoms with Gasteiger partial charge in [0, 0.05) is 29.2 Å². The van der Waals surface area contributed by atoms with Gasteiger partial charge in [-0.1, -0.05) is 24.3 Å². The van der Waals surface area contributed by atoms with E-state index in [9.17, 15) is 0 Å². The maximum atomic E-state index is 4.10. The van der Waals surface area contributed by atoms with E-state index in [1.807, 2.05) is 6.20 Å². The first-order chi connectivity index (χ1) is 12.8. The molecular weight excluding hydrogens is 320 g/mol. The zero-order chi connectivity index (χ0) is 17.3. The Morgan fingerprint density at radius 2 is 1.77 bits per heavy atom. The van der Waals surface area contributed by atoms with Crippen molar-refractivity contribution < 1.29 is 0 Å². The summed E-state index contributed by atoms with van der Waals surface area (Å²) in [6, 6.07) is 17.2. The van der Waals surface area contributed by atoms with Gasteiger partial charge in [-0.3, -0.25) is 5.10 Å². The number of fused-ring (bicyclic) bond motifs is 2. The van der Waals surface area contributed by atoms with Crippen molar-refractivity contribution in [1.82, 2.24) is 15.5 Å². The minimum atomic E-state index is 0.559. The molecule has 0 amide bonds. The highest BCUT2D eigenvalue weighted by Crippen LogP contribution is 2.33. The molecule has 0 bridgehead atoms. The van der Waals surface area contributed by atoms with Crippen molar-refractivity contribution in [1.29, 1.82) is 0 Å². The Balaban J connectivity index is 1.16. The smallest absolute Gasteiger partial charge is 0.0651 e. The first-order valence-corrected chi connectivity index (χ1v) is 9.89. The van der Waals surface area contributed by atoms with Crippen LogP contribution in [0.15, 0.2) is 48.7 Å². The van der Waals surface area contributed by atoms with Crippen molar-refractivity contribution in [2.75, 3.05) is 5.32 Å². The Labute approximate surface area is 154 Å². The summed E-state index contributed by atoms with van der Waals surface area (Å²) in [7, 11) is 0. The van der Waals surface area contributed by atoms with E-state index in [0.29, 0.717) is 18.1 Å². The summed E-state index contributed by atoms with van der Waals surface area (Å²) in [6.45, 7) is 0.